The second-order valence-electron chi connectivity index (χ2n) is 6.30. The fraction of sp³-hybridized carbons (Fsp3) is 0.412. The van der Waals surface area contributed by atoms with Gasteiger partial charge in [0.25, 0.3) is 11.2 Å². The van der Waals surface area contributed by atoms with Crippen LogP contribution in [0.15, 0.2) is 29.1 Å². The maximum absolute atomic E-state index is 12.7. The summed E-state index contributed by atoms with van der Waals surface area (Å²) in [6, 6.07) is 6.23. The van der Waals surface area contributed by atoms with E-state index in [1.807, 2.05) is 6.92 Å². The third kappa shape index (κ3) is 3.39. The maximum Gasteiger partial charge on any atom is 0.270 e. The molecule has 8 nitrogen and oxygen atoms in total. The van der Waals surface area contributed by atoms with Crippen LogP contribution in [0.1, 0.15) is 49.1 Å². The average Bonchev–Trinajstić information content (AvgIpc) is 2.82. The van der Waals surface area contributed by atoms with Crippen molar-refractivity contribution in [2.75, 3.05) is 11.1 Å². The number of nitro groups is 1. The zero-order chi connectivity index (χ0) is 18.8. The number of H-pyrrole nitrogens is 1. The molecule has 1 amide bonds. The standard InChI is InChI=1S/C17H20N4O4S/c1-3-5-10(2)20-16-14(17(23)19-20)15(26-9-13(22)18-16)11-6-4-7-12(8-11)21(24)25/h4,6-8,10,15H,3,5,9H2,1-2H3,(H,18,22)(H,19,23)/t10-,15-/m0/s1. The minimum absolute atomic E-state index is 0.0191. The van der Waals surface area contributed by atoms with Crippen molar-refractivity contribution >= 4 is 29.2 Å². The summed E-state index contributed by atoms with van der Waals surface area (Å²) in [5.74, 6) is 0.437. The molecule has 0 saturated carbocycles. The second-order valence-corrected chi connectivity index (χ2v) is 7.40. The molecule has 9 heteroatoms. The molecule has 0 spiro atoms. The van der Waals surface area contributed by atoms with Crippen LogP contribution in [0.3, 0.4) is 0 Å². The Balaban J connectivity index is 2.13. The highest BCUT2D eigenvalue weighted by Crippen LogP contribution is 2.41. The van der Waals surface area contributed by atoms with Gasteiger partial charge in [0.1, 0.15) is 5.82 Å². The number of non-ortho nitro benzene ring substituents is 1. The monoisotopic (exact) mass is 376 g/mol. The number of carbonyl (C=O) groups is 1. The van der Waals surface area contributed by atoms with E-state index in [1.54, 1.807) is 16.8 Å². The number of hydrogen-bond donors (Lipinski definition) is 2. The number of fused-ring (bicyclic) bond motifs is 1. The minimum atomic E-state index is -0.464. The van der Waals surface area contributed by atoms with Crippen LogP contribution in [0.2, 0.25) is 0 Å². The molecule has 2 aromatic rings. The Morgan fingerprint density at radius 3 is 2.88 bits per heavy atom. The Hall–Kier alpha value is -2.55. The summed E-state index contributed by atoms with van der Waals surface area (Å²) in [4.78, 5) is 35.5. The van der Waals surface area contributed by atoms with E-state index in [1.165, 1.54) is 23.9 Å². The van der Waals surface area contributed by atoms with Crippen LogP contribution >= 0.6 is 11.8 Å². The van der Waals surface area contributed by atoms with Crippen molar-refractivity contribution in [3.8, 4) is 0 Å². The van der Waals surface area contributed by atoms with E-state index in [9.17, 15) is 19.7 Å². The van der Waals surface area contributed by atoms with Crippen molar-refractivity contribution < 1.29 is 9.72 Å². The van der Waals surface area contributed by atoms with Gasteiger partial charge in [0, 0.05) is 18.2 Å². The summed E-state index contributed by atoms with van der Waals surface area (Å²) in [7, 11) is 0. The van der Waals surface area contributed by atoms with E-state index < -0.39 is 10.2 Å². The topological polar surface area (TPSA) is 110 Å². The van der Waals surface area contributed by atoms with Gasteiger partial charge in [-0.15, -0.1) is 11.8 Å². The molecule has 26 heavy (non-hydrogen) atoms. The van der Waals surface area contributed by atoms with Gasteiger partial charge in [0.15, 0.2) is 0 Å². The number of anilines is 1. The van der Waals surface area contributed by atoms with E-state index in [0.717, 1.165) is 12.8 Å². The van der Waals surface area contributed by atoms with Gasteiger partial charge in [0.05, 0.1) is 21.5 Å². The van der Waals surface area contributed by atoms with Crippen LogP contribution in [-0.2, 0) is 4.79 Å². The zero-order valence-electron chi connectivity index (χ0n) is 14.5. The predicted molar refractivity (Wildman–Crippen MR) is 101 cm³/mol. The van der Waals surface area contributed by atoms with Gasteiger partial charge in [-0.2, -0.15) is 0 Å². The Morgan fingerprint density at radius 1 is 1.42 bits per heavy atom. The number of benzene rings is 1. The van der Waals surface area contributed by atoms with Crippen LogP contribution in [0.4, 0.5) is 11.5 Å². The molecule has 3 rings (SSSR count). The zero-order valence-corrected chi connectivity index (χ0v) is 15.3. The summed E-state index contributed by atoms with van der Waals surface area (Å²) >= 11 is 1.29. The molecule has 138 valence electrons. The van der Waals surface area contributed by atoms with Crippen molar-refractivity contribution in [3.63, 3.8) is 0 Å². The number of aromatic amines is 1. The lowest BCUT2D eigenvalue weighted by Gasteiger charge is -2.17. The molecule has 0 fully saturated rings. The van der Waals surface area contributed by atoms with Gasteiger partial charge in [0.2, 0.25) is 5.91 Å². The molecule has 0 saturated heterocycles. The summed E-state index contributed by atoms with van der Waals surface area (Å²) < 4.78 is 1.70. The van der Waals surface area contributed by atoms with Crippen LogP contribution in [0.25, 0.3) is 0 Å². The number of thioether (sulfide) groups is 1. The molecule has 2 atom stereocenters. The highest BCUT2D eigenvalue weighted by Gasteiger charge is 2.31. The number of nitrogens with zero attached hydrogens (tertiary/aromatic N) is 2. The first kappa shape index (κ1) is 18.2. The molecule has 1 aromatic heterocycles. The predicted octanol–water partition coefficient (Wildman–Crippen LogP) is 3.22. The van der Waals surface area contributed by atoms with Crippen LogP contribution in [0.5, 0.6) is 0 Å². The summed E-state index contributed by atoms with van der Waals surface area (Å²) in [6.07, 6.45) is 1.79. The molecule has 0 radical (unpaired) electrons. The third-order valence-electron chi connectivity index (χ3n) is 4.39. The number of aromatic nitrogens is 2. The first-order chi connectivity index (χ1) is 12.4. The minimum Gasteiger partial charge on any atom is -0.310 e. The molecule has 1 aliphatic heterocycles. The molecular weight excluding hydrogens is 356 g/mol. The normalized spacial score (nSPS) is 17.9. The molecule has 0 aliphatic carbocycles. The highest BCUT2D eigenvalue weighted by molar-refractivity contribution is 8.00. The Labute approximate surface area is 154 Å². The Bertz CT molecular complexity index is 904. The molecule has 2 N–H and O–H groups in total. The van der Waals surface area contributed by atoms with Crippen molar-refractivity contribution in [1.29, 1.82) is 0 Å². The maximum atomic E-state index is 12.7. The van der Waals surface area contributed by atoms with Gasteiger partial charge in [-0.3, -0.25) is 29.5 Å². The number of hydrogen-bond acceptors (Lipinski definition) is 5. The Kier molecular flexibility index (Phi) is 5.17. The first-order valence-corrected chi connectivity index (χ1v) is 9.47. The van der Waals surface area contributed by atoms with Crippen molar-refractivity contribution in [2.45, 2.75) is 38.0 Å². The Morgan fingerprint density at radius 2 is 2.19 bits per heavy atom. The van der Waals surface area contributed by atoms with Gasteiger partial charge < -0.3 is 5.32 Å². The fourth-order valence-corrected chi connectivity index (χ4v) is 4.30. The largest absolute Gasteiger partial charge is 0.310 e. The molecular formula is C17H20N4O4S. The number of rotatable bonds is 5. The molecule has 1 aromatic carbocycles. The molecule has 2 heterocycles. The average molecular weight is 376 g/mol. The molecule has 0 bridgehead atoms. The summed E-state index contributed by atoms with van der Waals surface area (Å²) in [5, 5.41) is 16.3. The van der Waals surface area contributed by atoms with Crippen LogP contribution < -0.4 is 10.9 Å². The summed E-state index contributed by atoms with van der Waals surface area (Å²) in [5.41, 5.74) is 0.746. The van der Waals surface area contributed by atoms with E-state index in [4.69, 9.17) is 0 Å². The van der Waals surface area contributed by atoms with Crippen LogP contribution in [0, 0.1) is 10.1 Å². The van der Waals surface area contributed by atoms with Gasteiger partial charge in [-0.1, -0.05) is 25.5 Å². The van der Waals surface area contributed by atoms with Gasteiger partial charge in [-0.25, -0.2) is 0 Å². The number of amides is 1. The SMILES string of the molecule is CCC[C@H](C)n1[nH]c(=O)c2c1NC(=O)CS[C@H]2c1cccc([N+](=O)[O-])c1. The van der Waals surface area contributed by atoms with Crippen molar-refractivity contribution in [1.82, 2.24) is 9.78 Å². The van der Waals surface area contributed by atoms with E-state index in [-0.39, 0.29) is 28.9 Å². The van der Waals surface area contributed by atoms with Gasteiger partial charge >= 0.3 is 0 Å². The highest BCUT2D eigenvalue weighted by atomic mass is 32.2. The molecule has 0 unspecified atom stereocenters. The lowest BCUT2D eigenvalue weighted by molar-refractivity contribution is -0.384. The van der Waals surface area contributed by atoms with E-state index >= 15 is 0 Å². The lowest BCUT2D eigenvalue weighted by atomic mass is 10.1. The fourth-order valence-electron chi connectivity index (χ4n) is 3.19. The van der Waals surface area contributed by atoms with Crippen molar-refractivity contribution in [2.24, 2.45) is 0 Å². The van der Waals surface area contributed by atoms with Crippen LogP contribution in [-0.4, -0.2) is 26.4 Å². The number of nitro benzene ring substituents is 1. The quantitative estimate of drug-likeness (QED) is 0.615. The van der Waals surface area contributed by atoms with E-state index in [0.29, 0.717) is 16.9 Å². The number of carbonyl (C=O) groups excluding carboxylic acids is 1. The lowest BCUT2D eigenvalue weighted by Crippen LogP contribution is -2.18. The molecule has 1 aliphatic rings. The van der Waals surface area contributed by atoms with Gasteiger partial charge in [-0.05, 0) is 18.9 Å². The first-order valence-electron chi connectivity index (χ1n) is 8.42. The third-order valence-corrected chi connectivity index (χ3v) is 5.66. The van der Waals surface area contributed by atoms with E-state index in [2.05, 4.69) is 17.3 Å². The smallest absolute Gasteiger partial charge is 0.270 e. The number of nitrogens with one attached hydrogen (secondary N) is 2. The van der Waals surface area contributed by atoms with Crippen molar-refractivity contribution in [3.05, 3.63) is 55.9 Å². The second kappa shape index (κ2) is 7.36. The summed E-state index contributed by atoms with van der Waals surface area (Å²) in [6.45, 7) is 4.03.